The maximum atomic E-state index is 9.68. The van der Waals surface area contributed by atoms with Crippen molar-refractivity contribution in [3.8, 4) is 0 Å². The van der Waals surface area contributed by atoms with Crippen LogP contribution < -0.4 is 0 Å². The molecule has 0 heterocycles. The maximum Gasteiger partial charge on any atom is 0.344 e. The molecule has 0 atom stereocenters. The van der Waals surface area contributed by atoms with Crippen LogP contribution in [-0.2, 0) is 9.63 Å². The van der Waals surface area contributed by atoms with E-state index in [1.165, 1.54) is 6.21 Å². The lowest BCUT2D eigenvalue weighted by atomic mass is 10.8. The molecule has 0 aliphatic heterocycles. The highest BCUT2D eigenvalue weighted by Gasteiger charge is 1.91. The minimum Gasteiger partial charge on any atom is -0.479 e. The summed E-state index contributed by atoms with van der Waals surface area (Å²) in [5.41, 5.74) is 0. The molecule has 0 amide bonds. The average Bonchev–Trinajstić information content (AvgIpc) is 1.66. The van der Waals surface area contributed by atoms with Gasteiger partial charge in [-0.05, 0) is 6.92 Å². The lowest BCUT2D eigenvalue weighted by Crippen LogP contribution is -2.02. The van der Waals surface area contributed by atoms with Crippen molar-refractivity contribution in [3.63, 3.8) is 0 Å². The number of hydrogen-bond acceptors (Lipinski definition) is 3. The second kappa shape index (κ2) is 4.11. The van der Waals surface area contributed by atoms with Gasteiger partial charge in [0.05, 0.1) is 0 Å². The van der Waals surface area contributed by atoms with Crippen LogP contribution in [0, 0.1) is 0 Å². The van der Waals surface area contributed by atoms with Crippen molar-refractivity contribution >= 4 is 12.2 Å². The lowest BCUT2D eigenvalue weighted by Gasteiger charge is -1.88. The van der Waals surface area contributed by atoms with Crippen LogP contribution in [0.25, 0.3) is 0 Å². The van der Waals surface area contributed by atoms with Crippen LogP contribution in [0.1, 0.15) is 6.92 Å². The van der Waals surface area contributed by atoms with Gasteiger partial charge in [0.1, 0.15) is 0 Å². The molecule has 46 valence electrons. The van der Waals surface area contributed by atoms with E-state index in [0.717, 1.165) is 0 Å². The minimum absolute atomic E-state index is 0.371. The summed E-state index contributed by atoms with van der Waals surface area (Å²) in [6.07, 6.45) is 1.38. The van der Waals surface area contributed by atoms with Crippen LogP contribution in [-0.4, -0.2) is 23.9 Å². The van der Waals surface area contributed by atoms with Crippen LogP contribution in [0.3, 0.4) is 0 Å². The summed E-state index contributed by atoms with van der Waals surface area (Å²) < 4.78 is 0. The summed E-state index contributed by atoms with van der Waals surface area (Å²) in [6, 6.07) is 0. The van der Waals surface area contributed by atoms with E-state index in [1.54, 1.807) is 6.92 Å². The van der Waals surface area contributed by atoms with Crippen molar-refractivity contribution in [3.05, 3.63) is 0 Å². The van der Waals surface area contributed by atoms with Crippen molar-refractivity contribution in [1.82, 2.24) is 0 Å². The normalized spacial score (nSPS) is 9.62. The van der Waals surface area contributed by atoms with Gasteiger partial charge in [-0.2, -0.15) is 0 Å². The Balaban J connectivity index is 3.05. The Morgan fingerprint density at radius 1 is 2.00 bits per heavy atom. The zero-order valence-electron chi connectivity index (χ0n) is 4.50. The fourth-order valence-electron chi connectivity index (χ4n) is 0.167. The predicted octanol–water partition coefficient (Wildman–Crippen LogP) is 0.0933. The first-order valence-corrected chi connectivity index (χ1v) is 2.09. The molecule has 0 aliphatic rings. The second-order valence-electron chi connectivity index (χ2n) is 1.03. The van der Waals surface area contributed by atoms with Gasteiger partial charge in [0.2, 0.25) is 6.61 Å². The molecule has 0 bridgehead atoms. The number of carboxylic acid groups (broad SMARTS) is 1. The highest BCUT2D eigenvalue weighted by Crippen LogP contribution is 1.71. The van der Waals surface area contributed by atoms with E-state index in [2.05, 4.69) is 9.99 Å². The quantitative estimate of drug-likeness (QED) is 0.421. The van der Waals surface area contributed by atoms with Crippen LogP contribution in [0.2, 0.25) is 0 Å². The third-order valence-electron chi connectivity index (χ3n) is 0.368. The summed E-state index contributed by atoms with van der Waals surface area (Å²) in [5, 5.41) is 11.1. The van der Waals surface area contributed by atoms with Gasteiger partial charge in [0, 0.05) is 6.21 Å². The number of nitrogens with zero attached hydrogens (tertiary/aromatic N) is 1. The van der Waals surface area contributed by atoms with E-state index in [-0.39, 0.29) is 6.61 Å². The van der Waals surface area contributed by atoms with Crippen molar-refractivity contribution in [2.75, 3.05) is 6.61 Å². The topological polar surface area (TPSA) is 58.9 Å². The summed E-state index contributed by atoms with van der Waals surface area (Å²) in [5.74, 6) is -1.02. The molecule has 0 aromatic heterocycles. The number of hydrogen-bond donors (Lipinski definition) is 1. The van der Waals surface area contributed by atoms with E-state index in [0.29, 0.717) is 0 Å². The number of aliphatic carboxylic acids is 1. The molecule has 0 rings (SSSR count). The number of carbonyl (C=O) groups is 1. The first kappa shape index (κ1) is 6.94. The molecule has 0 radical (unpaired) electrons. The van der Waals surface area contributed by atoms with Crippen molar-refractivity contribution in [1.29, 1.82) is 0 Å². The molecule has 4 heteroatoms. The van der Waals surface area contributed by atoms with Gasteiger partial charge in [-0.25, -0.2) is 4.79 Å². The van der Waals surface area contributed by atoms with Crippen LogP contribution in [0.5, 0.6) is 0 Å². The van der Waals surface area contributed by atoms with Gasteiger partial charge in [0.25, 0.3) is 0 Å². The van der Waals surface area contributed by atoms with Crippen LogP contribution in [0.15, 0.2) is 5.16 Å². The highest BCUT2D eigenvalue weighted by atomic mass is 16.6. The Morgan fingerprint density at radius 3 is 3.00 bits per heavy atom. The molecule has 4 nitrogen and oxygen atoms in total. The summed E-state index contributed by atoms with van der Waals surface area (Å²) in [7, 11) is 0. The maximum absolute atomic E-state index is 9.68. The fourth-order valence-corrected chi connectivity index (χ4v) is 0.167. The van der Waals surface area contributed by atoms with Crippen LogP contribution >= 0.6 is 0 Å². The van der Waals surface area contributed by atoms with Crippen molar-refractivity contribution in [2.45, 2.75) is 6.92 Å². The zero-order chi connectivity index (χ0) is 6.41. The molecule has 1 N–H and O–H groups in total. The lowest BCUT2D eigenvalue weighted by molar-refractivity contribution is -0.142. The molecular formula is C4H7NO3. The minimum atomic E-state index is -1.02. The third-order valence-corrected chi connectivity index (χ3v) is 0.368. The van der Waals surface area contributed by atoms with Gasteiger partial charge >= 0.3 is 5.97 Å². The van der Waals surface area contributed by atoms with E-state index in [1.807, 2.05) is 0 Å². The molecule has 0 unspecified atom stereocenters. The van der Waals surface area contributed by atoms with Crippen molar-refractivity contribution < 1.29 is 14.7 Å². The summed E-state index contributed by atoms with van der Waals surface area (Å²) in [4.78, 5) is 13.9. The van der Waals surface area contributed by atoms with Crippen molar-refractivity contribution in [2.24, 2.45) is 5.16 Å². The molecule has 0 aliphatic carbocycles. The molecule has 0 aromatic rings. The van der Waals surface area contributed by atoms with Gasteiger partial charge in [-0.1, -0.05) is 5.16 Å². The number of oxime groups is 1. The van der Waals surface area contributed by atoms with Gasteiger partial charge in [0.15, 0.2) is 0 Å². The molecule has 0 fully saturated rings. The smallest absolute Gasteiger partial charge is 0.344 e. The van der Waals surface area contributed by atoms with Gasteiger partial charge in [-0.3, -0.25) is 0 Å². The number of carboxylic acids is 1. The number of rotatable bonds is 3. The molecular weight excluding hydrogens is 110 g/mol. The van der Waals surface area contributed by atoms with Gasteiger partial charge < -0.3 is 9.94 Å². The largest absolute Gasteiger partial charge is 0.479 e. The molecule has 8 heavy (non-hydrogen) atoms. The molecule has 0 spiro atoms. The Hall–Kier alpha value is -1.06. The monoisotopic (exact) mass is 117 g/mol. The second-order valence-corrected chi connectivity index (χ2v) is 1.03. The predicted molar refractivity (Wildman–Crippen MR) is 27.8 cm³/mol. The fraction of sp³-hybridized carbons (Fsp3) is 0.500. The van der Waals surface area contributed by atoms with E-state index in [4.69, 9.17) is 5.11 Å². The molecule has 0 saturated carbocycles. The third kappa shape index (κ3) is 4.94. The molecule has 0 saturated heterocycles. The standard InChI is InChI=1S/C4H7NO3/c1-2-5-8-3-4(6)7/h2H,3H2,1H3,(H,6,7)/b5-2-. The van der Waals surface area contributed by atoms with Crippen LogP contribution in [0.4, 0.5) is 0 Å². The summed E-state index contributed by atoms with van der Waals surface area (Å²) in [6.45, 7) is 1.27. The van der Waals surface area contributed by atoms with E-state index in [9.17, 15) is 4.79 Å². The zero-order valence-corrected chi connectivity index (χ0v) is 4.50. The van der Waals surface area contributed by atoms with E-state index < -0.39 is 5.97 Å². The Bertz CT molecular complexity index is 99.5. The SMILES string of the molecule is C/C=N\OCC(=O)O. The Labute approximate surface area is 46.8 Å². The molecule has 0 aromatic carbocycles. The Morgan fingerprint density at radius 2 is 2.62 bits per heavy atom. The van der Waals surface area contributed by atoms with Gasteiger partial charge in [-0.15, -0.1) is 0 Å². The average molecular weight is 117 g/mol. The summed E-state index contributed by atoms with van der Waals surface area (Å²) >= 11 is 0. The first-order chi connectivity index (χ1) is 3.77. The Kier molecular flexibility index (Phi) is 3.56. The highest BCUT2D eigenvalue weighted by molar-refractivity contribution is 5.68. The van der Waals surface area contributed by atoms with E-state index >= 15 is 0 Å². The first-order valence-electron chi connectivity index (χ1n) is 2.09.